The Morgan fingerprint density at radius 3 is 2.27 bits per heavy atom. The Kier molecular flexibility index (Phi) is 7.51. The summed E-state index contributed by atoms with van der Waals surface area (Å²) in [6.45, 7) is 1.30. The Morgan fingerprint density at radius 2 is 1.58 bits per heavy atom. The molecule has 2 N–H and O–H groups in total. The summed E-state index contributed by atoms with van der Waals surface area (Å²) in [6, 6.07) is 14.9. The molecular weight excluding hydrogens is 502 g/mol. The van der Waals surface area contributed by atoms with Gasteiger partial charge >= 0.3 is 0 Å². The molecule has 33 heavy (non-hydrogen) atoms. The van der Waals surface area contributed by atoms with Gasteiger partial charge in [0.2, 0.25) is 16.0 Å². The number of sulfonamides is 1. The molecule has 3 aromatic rings. The lowest BCUT2D eigenvalue weighted by Crippen LogP contribution is -2.32. The number of hydrogen-bond donors (Lipinski definition) is 2. The van der Waals surface area contributed by atoms with Crippen LogP contribution in [-0.4, -0.2) is 45.6 Å². The molecule has 176 valence electrons. The summed E-state index contributed by atoms with van der Waals surface area (Å²) >= 11 is 3.33. The molecule has 2 aromatic carbocycles. The molecule has 0 bridgehead atoms. The van der Waals surface area contributed by atoms with Crippen molar-refractivity contribution in [2.24, 2.45) is 11.8 Å². The van der Waals surface area contributed by atoms with Crippen molar-refractivity contribution in [3.63, 3.8) is 0 Å². The number of halogens is 1. The minimum absolute atomic E-state index is 0.287. The van der Waals surface area contributed by atoms with Gasteiger partial charge in [0.05, 0.1) is 10.4 Å². The highest BCUT2D eigenvalue weighted by molar-refractivity contribution is 9.10. The standard InChI is InChI=1S/C24H30BrN5O2S/c1-30(2)23-19-7-3-5-9-21(19)28-24(29-23)26-15-17-11-13-18(14-12-17)16-27-33(31,32)22-10-6-4-8-20(22)25/h3-10,17-18,27H,11-16H2,1-2H3,(H,26,28,29)/t17-,18-. The number of anilines is 2. The third kappa shape index (κ3) is 5.83. The highest BCUT2D eigenvalue weighted by atomic mass is 79.9. The smallest absolute Gasteiger partial charge is 0.241 e. The second-order valence-electron chi connectivity index (χ2n) is 8.83. The molecular formula is C24H30BrN5O2S. The van der Waals surface area contributed by atoms with E-state index in [4.69, 9.17) is 4.98 Å². The zero-order chi connectivity index (χ0) is 23.4. The first-order valence-electron chi connectivity index (χ1n) is 11.3. The number of rotatable bonds is 8. The van der Waals surface area contributed by atoms with Gasteiger partial charge < -0.3 is 10.2 Å². The zero-order valence-electron chi connectivity index (χ0n) is 19.0. The average Bonchev–Trinajstić information content (AvgIpc) is 2.81. The average molecular weight is 533 g/mol. The maximum absolute atomic E-state index is 12.6. The minimum Gasteiger partial charge on any atom is -0.362 e. The first-order valence-corrected chi connectivity index (χ1v) is 13.5. The molecule has 0 saturated heterocycles. The lowest BCUT2D eigenvalue weighted by molar-refractivity contribution is 0.284. The van der Waals surface area contributed by atoms with Crippen molar-refractivity contribution in [3.8, 4) is 0 Å². The molecule has 1 fully saturated rings. The van der Waals surface area contributed by atoms with Crippen LogP contribution in [0.4, 0.5) is 11.8 Å². The van der Waals surface area contributed by atoms with Gasteiger partial charge in [-0.2, -0.15) is 4.98 Å². The molecule has 1 aromatic heterocycles. The van der Waals surface area contributed by atoms with E-state index in [2.05, 4.69) is 31.0 Å². The number of fused-ring (bicyclic) bond motifs is 1. The first-order chi connectivity index (χ1) is 15.8. The summed E-state index contributed by atoms with van der Waals surface area (Å²) in [5, 5.41) is 4.48. The van der Waals surface area contributed by atoms with Crippen LogP contribution >= 0.6 is 15.9 Å². The molecule has 1 aliphatic carbocycles. The monoisotopic (exact) mass is 531 g/mol. The van der Waals surface area contributed by atoms with Gasteiger partial charge in [-0.25, -0.2) is 18.1 Å². The lowest BCUT2D eigenvalue weighted by Gasteiger charge is -2.29. The fourth-order valence-electron chi connectivity index (χ4n) is 4.32. The van der Waals surface area contributed by atoms with Crippen molar-refractivity contribution in [2.75, 3.05) is 37.4 Å². The zero-order valence-corrected chi connectivity index (χ0v) is 21.4. The minimum atomic E-state index is -3.51. The van der Waals surface area contributed by atoms with Gasteiger partial charge in [-0.05, 0) is 77.7 Å². The van der Waals surface area contributed by atoms with Crippen LogP contribution in [0, 0.1) is 11.8 Å². The molecule has 0 amide bonds. The van der Waals surface area contributed by atoms with E-state index in [1.807, 2.05) is 49.3 Å². The number of benzene rings is 2. The third-order valence-electron chi connectivity index (χ3n) is 6.21. The molecule has 7 nitrogen and oxygen atoms in total. The summed E-state index contributed by atoms with van der Waals surface area (Å²) in [7, 11) is 0.472. The van der Waals surface area contributed by atoms with Crippen LogP contribution in [0.5, 0.6) is 0 Å². The van der Waals surface area contributed by atoms with E-state index < -0.39 is 10.0 Å². The van der Waals surface area contributed by atoms with Crippen LogP contribution in [0.25, 0.3) is 10.9 Å². The van der Waals surface area contributed by atoms with Crippen molar-refractivity contribution >= 4 is 48.6 Å². The number of para-hydroxylation sites is 1. The maximum atomic E-state index is 12.6. The van der Waals surface area contributed by atoms with Crippen LogP contribution in [0.2, 0.25) is 0 Å². The van der Waals surface area contributed by atoms with Gasteiger partial charge in [0.1, 0.15) is 5.82 Å². The largest absolute Gasteiger partial charge is 0.362 e. The molecule has 0 spiro atoms. The summed E-state index contributed by atoms with van der Waals surface area (Å²) in [5.74, 6) is 2.44. The number of nitrogens with one attached hydrogen (secondary N) is 2. The number of aromatic nitrogens is 2. The predicted octanol–water partition coefficient (Wildman–Crippen LogP) is 4.66. The third-order valence-corrected chi connectivity index (χ3v) is 8.65. The van der Waals surface area contributed by atoms with Gasteiger partial charge in [0.15, 0.2) is 0 Å². The van der Waals surface area contributed by atoms with E-state index in [1.54, 1.807) is 18.2 Å². The van der Waals surface area contributed by atoms with E-state index in [0.29, 0.717) is 28.8 Å². The molecule has 0 atom stereocenters. The molecule has 1 heterocycles. The van der Waals surface area contributed by atoms with Crippen molar-refractivity contribution in [3.05, 3.63) is 53.0 Å². The fraction of sp³-hybridized carbons (Fsp3) is 0.417. The Hall–Kier alpha value is -2.23. The maximum Gasteiger partial charge on any atom is 0.241 e. The van der Waals surface area contributed by atoms with Gasteiger partial charge in [-0.3, -0.25) is 0 Å². The molecule has 9 heteroatoms. The van der Waals surface area contributed by atoms with Crippen molar-refractivity contribution in [1.82, 2.24) is 14.7 Å². The SMILES string of the molecule is CN(C)c1nc(NC[C@H]2CC[C@H](CNS(=O)(=O)c3ccccc3Br)CC2)nc2ccccc12. The van der Waals surface area contributed by atoms with Crippen LogP contribution < -0.4 is 14.9 Å². The molecule has 1 saturated carbocycles. The highest BCUT2D eigenvalue weighted by Gasteiger charge is 2.24. The Morgan fingerprint density at radius 1 is 0.939 bits per heavy atom. The van der Waals surface area contributed by atoms with Gasteiger partial charge in [-0.15, -0.1) is 0 Å². The Balaban J connectivity index is 1.29. The molecule has 4 rings (SSSR count). The topological polar surface area (TPSA) is 87.2 Å². The Bertz CT molecular complexity index is 1210. The van der Waals surface area contributed by atoms with Gasteiger partial charge in [-0.1, -0.05) is 24.3 Å². The van der Waals surface area contributed by atoms with E-state index >= 15 is 0 Å². The lowest BCUT2D eigenvalue weighted by atomic mass is 9.82. The predicted molar refractivity (Wildman–Crippen MR) is 137 cm³/mol. The van der Waals surface area contributed by atoms with Crippen LogP contribution in [0.3, 0.4) is 0 Å². The van der Waals surface area contributed by atoms with E-state index in [-0.39, 0.29) is 4.90 Å². The van der Waals surface area contributed by atoms with Crippen LogP contribution in [0.1, 0.15) is 25.7 Å². The summed E-state index contributed by atoms with van der Waals surface area (Å²) in [5.41, 5.74) is 0.930. The quantitative estimate of drug-likeness (QED) is 0.439. The van der Waals surface area contributed by atoms with Gasteiger partial charge in [0, 0.05) is 37.0 Å². The summed E-state index contributed by atoms with van der Waals surface area (Å²) in [4.78, 5) is 11.7. The molecule has 0 aliphatic heterocycles. The van der Waals surface area contributed by atoms with Crippen LogP contribution in [0.15, 0.2) is 57.9 Å². The van der Waals surface area contributed by atoms with E-state index in [1.165, 1.54) is 0 Å². The normalized spacial score (nSPS) is 18.9. The molecule has 0 radical (unpaired) electrons. The number of nitrogens with zero attached hydrogens (tertiary/aromatic N) is 3. The summed E-state index contributed by atoms with van der Waals surface area (Å²) in [6.07, 6.45) is 4.13. The highest BCUT2D eigenvalue weighted by Crippen LogP contribution is 2.30. The Labute approximate surface area is 204 Å². The number of hydrogen-bond acceptors (Lipinski definition) is 6. The van der Waals surface area contributed by atoms with Gasteiger partial charge in [0.25, 0.3) is 0 Å². The fourth-order valence-corrected chi connectivity index (χ4v) is 6.44. The second kappa shape index (κ2) is 10.4. The second-order valence-corrected chi connectivity index (χ2v) is 11.4. The molecule has 1 aliphatic rings. The first kappa shape index (κ1) is 23.9. The summed E-state index contributed by atoms with van der Waals surface area (Å²) < 4.78 is 28.6. The van der Waals surface area contributed by atoms with Crippen molar-refractivity contribution < 1.29 is 8.42 Å². The van der Waals surface area contributed by atoms with E-state index in [9.17, 15) is 8.42 Å². The van der Waals surface area contributed by atoms with Crippen LogP contribution in [-0.2, 0) is 10.0 Å². The van der Waals surface area contributed by atoms with Crippen molar-refractivity contribution in [1.29, 1.82) is 0 Å². The van der Waals surface area contributed by atoms with E-state index in [0.717, 1.165) is 48.9 Å². The van der Waals surface area contributed by atoms with Crippen molar-refractivity contribution in [2.45, 2.75) is 30.6 Å². The molecule has 0 unspecified atom stereocenters.